The molecule has 0 unspecified atom stereocenters. The van der Waals surface area contributed by atoms with E-state index in [1.165, 1.54) is 6.92 Å². The van der Waals surface area contributed by atoms with Gasteiger partial charge in [0.1, 0.15) is 0 Å². The fourth-order valence-electron chi connectivity index (χ4n) is 0.859. The molecule has 12 heavy (non-hydrogen) atoms. The molecule has 0 spiro atoms. The molecule has 0 saturated heterocycles. The minimum absolute atomic E-state index is 0.0470. The first-order chi connectivity index (χ1) is 5.70. The molecule has 1 nitrogen and oxygen atoms in total. The molecule has 0 atom stereocenters. The topological polar surface area (TPSA) is 17.1 Å². The molecule has 0 amide bonds. The quantitative estimate of drug-likeness (QED) is 0.707. The number of benzene rings is 1. The Morgan fingerprint density at radius 3 is 2.42 bits per heavy atom. The van der Waals surface area contributed by atoms with Crippen molar-refractivity contribution >= 4 is 26.2 Å². The van der Waals surface area contributed by atoms with Crippen molar-refractivity contribution in [2.45, 2.75) is 6.92 Å². The molecule has 0 fully saturated rings. The summed E-state index contributed by atoms with van der Waals surface area (Å²) in [5, 5.41) is 0. The van der Waals surface area contributed by atoms with Crippen LogP contribution in [0.4, 0.5) is 0 Å². The highest BCUT2D eigenvalue weighted by Gasteiger charge is 1.96. The summed E-state index contributed by atoms with van der Waals surface area (Å²) in [4.78, 5) is 10.7. The van der Waals surface area contributed by atoms with E-state index in [0.717, 1.165) is 10.0 Å². The smallest absolute Gasteiger partial charge is 0.153 e. The first-order valence-electron chi connectivity index (χ1n) is 3.63. The highest BCUT2D eigenvalue weighted by Crippen LogP contribution is 2.19. The Bertz CT molecular complexity index is 301. The van der Waals surface area contributed by atoms with Gasteiger partial charge in [-0.1, -0.05) is 46.3 Å². The van der Waals surface area contributed by atoms with E-state index in [2.05, 4.69) is 15.9 Å². The Morgan fingerprint density at radius 2 is 1.92 bits per heavy atom. The zero-order valence-electron chi connectivity index (χ0n) is 6.75. The summed E-state index contributed by atoms with van der Waals surface area (Å²) in [5.74, 6) is 0.0470. The Hall–Kier alpha value is -0.890. The molecule has 1 aromatic rings. The average Bonchev–Trinajstić information content (AvgIpc) is 2.05. The SMILES string of the molecule is CC(=O)/C=C(/Br)c1ccccc1. The second-order valence-corrected chi connectivity index (χ2v) is 3.32. The number of halogens is 1. The van der Waals surface area contributed by atoms with Gasteiger partial charge in [-0.05, 0) is 18.6 Å². The number of rotatable bonds is 2. The van der Waals surface area contributed by atoms with Crippen molar-refractivity contribution in [3.05, 3.63) is 42.0 Å². The van der Waals surface area contributed by atoms with E-state index in [0.29, 0.717) is 0 Å². The monoisotopic (exact) mass is 224 g/mol. The first kappa shape index (κ1) is 9.20. The van der Waals surface area contributed by atoms with Crippen molar-refractivity contribution in [2.24, 2.45) is 0 Å². The maximum atomic E-state index is 10.7. The standard InChI is InChI=1S/C10H9BrO/c1-8(12)7-10(11)9-5-3-2-4-6-9/h2-7H,1H3/b10-7+. The molecule has 0 aliphatic carbocycles. The Kier molecular flexibility index (Phi) is 3.23. The van der Waals surface area contributed by atoms with Crippen LogP contribution in [0.2, 0.25) is 0 Å². The van der Waals surface area contributed by atoms with Gasteiger partial charge in [0.2, 0.25) is 0 Å². The predicted octanol–water partition coefficient (Wildman–Crippen LogP) is 3.01. The van der Waals surface area contributed by atoms with Crippen molar-refractivity contribution in [2.75, 3.05) is 0 Å². The number of carbonyl (C=O) groups excluding carboxylic acids is 1. The maximum Gasteiger partial charge on any atom is 0.153 e. The van der Waals surface area contributed by atoms with E-state index in [-0.39, 0.29) is 5.78 Å². The largest absolute Gasteiger partial charge is 0.295 e. The van der Waals surface area contributed by atoms with Gasteiger partial charge in [-0.15, -0.1) is 0 Å². The molecule has 0 heterocycles. The third-order valence-corrected chi connectivity index (χ3v) is 2.07. The molecule has 0 N–H and O–H groups in total. The Balaban J connectivity index is 2.93. The summed E-state index contributed by atoms with van der Waals surface area (Å²) < 4.78 is 0.829. The minimum atomic E-state index is 0.0470. The highest BCUT2D eigenvalue weighted by molar-refractivity contribution is 9.15. The van der Waals surface area contributed by atoms with Crippen molar-refractivity contribution in [1.82, 2.24) is 0 Å². The Labute approximate surface area is 80.2 Å². The van der Waals surface area contributed by atoms with Crippen molar-refractivity contribution in [3.8, 4) is 0 Å². The van der Waals surface area contributed by atoms with Gasteiger partial charge in [0.25, 0.3) is 0 Å². The molecule has 0 aliphatic rings. The van der Waals surface area contributed by atoms with Crippen LogP contribution in [0.15, 0.2) is 36.4 Å². The summed E-state index contributed by atoms with van der Waals surface area (Å²) in [6, 6.07) is 9.71. The van der Waals surface area contributed by atoms with Crippen LogP contribution in [-0.2, 0) is 4.79 Å². The van der Waals surface area contributed by atoms with Gasteiger partial charge in [-0.3, -0.25) is 4.79 Å². The van der Waals surface area contributed by atoms with E-state index in [1.807, 2.05) is 30.3 Å². The minimum Gasteiger partial charge on any atom is -0.295 e. The third kappa shape index (κ3) is 2.62. The average molecular weight is 225 g/mol. The summed E-state index contributed by atoms with van der Waals surface area (Å²) in [5.41, 5.74) is 1.02. The highest BCUT2D eigenvalue weighted by atomic mass is 79.9. The molecule has 0 bridgehead atoms. The van der Waals surface area contributed by atoms with Crippen LogP contribution in [-0.4, -0.2) is 5.78 Å². The van der Waals surface area contributed by atoms with E-state index in [4.69, 9.17) is 0 Å². The van der Waals surface area contributed by atoms with E-state index in [9.17, 15) is 4.79 Å². The third-order valence-electron chi connectivity index (χ3n) is 1.38. The first-order valence-corrected chi connectivity index (χ1v) is 4.42. The van der Waals surface area contributed by atoms with Crippen molar-refractivity contribution in [3.63, 3.8) is 0 Å². The number of ketones is 1. The molecule has 0 aliphatic heterocycles. The van der Waals surface area contributed by atoms with Gasteiger partial charge < -0.3 is 0 Å². The summed E-state index contributed by atoms with van der Waals surface area (Å²) in [7, 11) is 0. The molecule has 1 aromatic carbocycles. The van der Waals surface area contributed by atoms with Gasteiger partial charge in [0, 0.05) is 4.48 Å². The maximum absolute atomic E-state index is 10.7. The molecular weight excluding hydrogens is 216 g/mol. The van der Waals surface area contributed by atoms with Crippen molar-refractivity contribution < 1.29 is 4.79 Å². The van der Waals surface area contributed by atoms with Gasteiger partial charge in [-0.2, -0.15) is 0 Å². The van der Waals surface area contributed by atoms with Crippen LogP contribution in [0.5, 0.6) is 0 Å². The normalized spacial score (nSPS) is 11.3. The molecule has 62 valence electrons. The van der Waals surface area contributed by atoms with Gasteiger partial charge in [-0.25, -0.2) is 0 Å². The fourth-order valence-corrected chi connectivity index (χ4v) is 1.45. The molecule has 1 rings (SSSR count). The lowest BCUT2D eigenvalue weighted by Gasteiger charge is -1.96. The second kappa shape index (κ2) is 4.21. The van der Waals surface area contributed by atoms with E-state index in [1.54, 1.807) is 6.08 Å². The van der Waals surface area contributed by atoms with Gasteiger partial charge >= 0.3 is 0 Å². The molecule has 0 radical (unpaired) electrons. The van der Waals surface area contributed by atoms with Crippen molar-refractivity contribution in [1.29, 1.82) is 0 Å². The predicted molar refractivity (Wildman–Crippen MR) is 54.0 cm³/mol. The summed E-state index contributed by atoms with van der Waals surface area (Å²) in [6.45, 7) is 1.53. The van der Waals surface area contributed by atoms with E-state index >= 15 is 0 Å². The number of hydrogen-bond acceptors (Lipinski definition) is 1. The van der Waals surface area contributed by atoms with Crippen LogP contribution in [0, 0.1) is 0 Å². The Morgan fingerprint density at radius 1 is 1.33 bits per heavy atom. The summed E-state index contributed by atoms with van der Waals surface area (Å²) >= 11 is 3.33. The van der Waals surface area contributed by atoms with Gasteiger partial charge in [0.15, 0.2) is 5.78 Å². The lowest BCUT2D eigenvalue weighted by atomic mass is 10.2. The van der Waals surface area contributed by atoms with Crippen LogP contribution in [0.25, 0.3) is 4.48 Å². The lowest BCUT2D eigenvalue weighted by molar-refractivity contribution is -0.112. The fraction of sp³-hybridized carbons (Fsp3) is 0.100. The van der Waals surface area contributed by atoms with Gasteiger partial charge in [0.05, 0.1) is 0 Å². The zero-order valence-corrected chi connectivity index (χ0v) is 8.34. The molecular formula is C10H9BrO. The van der Waals surface area contributed by atoms with Crippen LogP contribution >= 0.6 is 15.9 Å². The number of allylic oxidation sites excluding steroid dienone is 1. The molecule has 2 heteroatoms. The van der Waals surface area contributed by atoms with Crippen LogP contribution < -0.4 is 0 Å². The zero-order chi connectivity index (χ0) is 8.97. The molecule has 0 saturated carbocycles. The number of carbonyl (C=O) groups is 1. The molecule has 0 aromatic heterocycles. The lowest BCUT2D eigenvalue weighted by Crippen LogP contribution is -1.83. The number of hydrogen-bond donors (Lipinski definition) is 0. The van der Waals surface area contributed by atoms with E-state index < -0.39 is 0 Å². The second-order valence-electron chi connectivity index (χ2n) is 2.47. The van der Waals surface area contributed by atoms with Crippen LogP contribution in [0.1, 0.15) is 12.5 Å². The summed E-state index contributed by atoms with van der Waals surface area (Å²) in [6.07, 6.45) is 1.56. The van der Waals surface area contributed by atoms with Crippen LogP contribution in [0.3, 0.4) is 0 Å².